The van der Waals surface area contributed by atoms with Crippen molar-refractivity contribution in [3.8, 4) is 34.3 Å². The number of carbonyl (C=O) groups excluding carboxylic acids is 1. The van der Waals surface area contributed by atoms with E-state index in [0.29, 0.717) is 6.42 Å². The van der Waals surface area contributed by atoms with Gasteiger partial charge in [0.1, 0.15) is 0 Å². The first-order valence-electron chi connectivity index (χ1n) is 15.2. The molecule has 0 bridgehead atoms. The van der Waals surface area contributed by atoms with Crippen molar-refractivity contribution < 1.29 is 50.0 Å². The van der Waals surface area contributed by atoms with Crippen molar-refractivity contribution in [3.63, 3.8) is 0 Å². The zero-order valence-corrected chi connectivity index (χ0v) is 27.9. The molecular formula is C36H43MoO7-. The van der Waals surface area contributed by atoms with Gasteiger partial charge >= 0.3 is 5.97 Å². The molecule has 7 nitrogen and oxygen atoms in total. The van der Waals surface area contributed by atoms with Crippen LogP contribution in [0.4, 0.5) is 0 Å². The van der Waals surface area contributed by atoms with E-state index in [1.807, 2.05) is 13.8 Å². The Kier molecular flexibility index (Phi) is 16.4. The van der Waals surface area contributed by atoms with Crippen LogP contribution in [0.5, 0.6) is 23.0 Å². The number of hydrogen-bond donors (Lipinski definition) is 2. The van der Waals surface area contributed by atoms with Crippen LogP contribution in [-0.2, 0) is 25.9 Å². The SMILES string of the molecule is CC/C=C\C/C=C\C/C=C\CCCCCCCC(=O)Oc1c(-c2ccc(O)c(O)c2)oc2c[c-]cc(OC(C)C)c2c1=O.[Mo]. The number of phenols is 2. The molecule has 0 saturated heterocycles. The van der Waals surface area contributed by atoms with E-state index in [-0.39, 0.29) is 73.1 Å². The number of hydrogen-bond acceptors (Lipinski definition) is 7. The van der Waals surface area contributed by atoms with Gasteiger partial charge in [-0.05, 0) is 76.0 Å². The van der Waals surface area contributed by atoms with Crippen LogP contribution in [0.1, 0.15) is 85.0 Å². The molecule has 0 aliphatic heterocycles. The molecule has 0 fully saturated rings. The molecule has 3 aromatic rings. The molecule has 0 unspecified atom stereocenters. The van der Waals surface area contributed by atoms with Crippen molar-refractivity contribution in [2.24, 2.45) is 0 Å². The number of fused-ring (bicyclic) bond motifs is 1. The molecule has 8 heteroatoms. The minimum absolute atomic E-state index is 0. The first-order chi connectivity index (χ1) is 20.8. The number of ether oxygens (including phenoxy) is 2. The number of carbonyl (C=O) groups is 1. The summed E-state index contributed by atoms with van der Waals surface area (Å²) in [6.07, 6.45) is 21.8. The molecule has 0 radical (unpaired) electrons. The van der Waals surface area contributed by atoms with E-state index in [1.54, 1.807) is 0 Å². The summed E-state index contributed by atoms with van der Waals surface area (Å²) in [5.41, 5.74) is -0.114. The maximum atomic E-state index is 13.7. The molecule has 2 aromatic carbocycles. The molecule has 0 amide bonds. The molecule has 2 N–H and O–H groups in total. The number of benzene rings is 2. The van der Waals surface area contributed by atoms with Crippen LogP contribution in [-0.4, -0.2) is 22.3 Å². The Morgan fingerprint density at radius 1 is 0.932 bits per heavy atom. The van der Waals surface area contributed by atoms with E-state index in [4.69, 9.17) is 13.9 Å². The Morgan fingerprint density at radius 3 is 2.32 bits per heavy atom. The second-order valence-electron chi connectivity index (χ2n) is 10.6. The van der Waals surface area contributed by atoms with Crippen LogP contribution < -0.4 is 14.9 Å². The van der Waals surface area contributed by atoms with Gasteiger partial charge in [0, 0.05) is 44.4 Å². The molecule has 3 rings (SSSR count). The number of rotatable bonds is 17. The van der Waals surface area contributed by atoms with Crippen LogP contribution >= 0.6 is 0 Å². The fourth-order valence-electron chi connectivity index (χ4n) is 4.48. The van der Waals surface area contributed by atoms with Crippen molar-refractivity contribution in [3.05, 3.63) is 83.1 Å². The Balaban J connectivity index is 0.00000675. The predicted octanol–water partition coefficient (Wildman–Crippen LogP) is 8.95. The summed E-state index contributed by atoms with van der Waals surface area (Å²) in [4.78, 5) is 26.5. The maximum Gasteiger partial charge on any atom is 0.311 e. The number of phenolic OH excluding ortho intramolecular Hbond substituents is 2. The van der Waals surface area contributed by atoms with E-state index in [2.05, 4.69) is 49.4 Å². The summed E-state index contributed by atoms with van der Waals surface area (Å²) in [5, 5.41) is 19.9. The van der Waals surface area contributed by atoms with Gasteiger partial charge < -0.3 is 24.1 Å². The van der Waals surface area contributed by atoms with Gasteiger partial charge in [0.25, 0.3) is 0 Å². The Morgan fingerprint density at radius 2 is 1.61 bits per heavy atom. The smallest absolute Gasteiger partial charge is 0.311 e. The van der Waals surface area contributed by atoms with Crippen molar-refractivity contribution in [1.29, 1.82) is 0 Å². The molecule has 236 valence electrons. The van der Waals surface area contributed by atoms with Crippen LogP contribution in [0, 0.1) is 6.07 Å². The fourth-order valence-corrected chi connectivity index (χ4v) is 4.48. The summed E-state index contributed by atoms with van der Waals surface area (Å²) >= 11 is 0. The third-order valence-corrected chi connectivity index (χ3v) is 6.62. The molecule has 1 heterocycles. The van der Waals surface area contributed by atoms with Gasteiger partial charge in [-0.3, -0.25) is 9.59 Å². The van der Waals surface area contributed by atoms with Crippen LogP contribution in [0.3, 0.4) is 0 Å². The minimum Gasteiger partial charge on any atom is -0.548 e. The summed E-state index contributed by atoms with van der Waals surface area (Å²) in [6.45, 7) is 5.80. The average molecular weight is 684 g/mol. The third kappa shape index (κ3) is 11.5. The first-order valence-corrected chi connectivity index (χ1v) is 15.2. The van der Waals surface area contributed by atoms with Gasteiger partial charge in [-0.2, -0.15) is 6.07 Å². The average Bonchev–Trinajstić information content (AvgIpc) is 2.97. The summed E-state index contributed by atoms with van der Waals surface area (Å²) in [6, 6.07) is 9.92. The third-order valence-electron chi connectivity index (χ3n) is 6.62. The number of esters is 1. The molecule has 0 spiro atoms. The topological polar surface area (TPSA) is 106 Å². The van der Waals surface area contributed by atoms with E-state index in [9.17, 15) is 19.8 Å². The number of unbranched alkanes of at least 4 members (excludes halogenated alkanes) is 5. The van der Waals surface area contributed by atoms with Crippen LogP contribution in [0.25, 0.3) is 22.3 Å². The monoisotopic (exact) mass is 685 g/mol. The van der Waals surface area contributed by atoms with Gasteiger partial charge in [-0.1, -0.05) is 62.6 Å². The molecule has 0 aliphatic rings. The van der Waals surface area contributed by atoms with Crippen molar-refractivity contribution in [1.82, 2.24) is 0 Å². The van der Waals surface area contributed by atoms with Crippen molar-refractivity contribution in [2.45, 2.75) is 91.1 Å². The van der Waals surface area contributed by atoms with Gasteiger partial charge in [-0.15, -0.1) is 12.1 Å². The minimum atomic E-state index is -0.571. The molecule has 44 heavy (non-hydrogen) atoms. The Hall–Kier alpha value is -3.57. The second-order valence-corrected chi connectivity index (χ2v) is 10.6. The Bertz CT molecular complexity index is 1480. The van der Waals surface area contributed by atoms with Gasteiger partial charge in [-0.25, -0.2) is 0 Å². The van der Waals surface area contributed by atoms with Crippen LogP contribution in [0.15, 0.2) is 76.0 Å². The summed E-state index contributed by atoms with van der Waals surface area (Å²) in [7, 11) is 0. The summed E-state index contributed by atoms with van der Waals surface area (Å²) in [5.74, 6) is -1.33. The quantitative estimate of drug-likeness (QED) is 0.0366. The predicted molar refractivity (Wildman–Crippen MR) is 171 cm³/mol. The Labute approximate surface area is 274 Å². The van der Waals surface area contributed by atoms with Gasteiger partial charge in [0.2, 0.25) is 11.2 Å². The number of allylic oxidation sites excluding steroid dienone is 6. The largest absolute Gasteiger partial charge is 0.548 e. The van der Waals surface area contributed by atoms with Crippen molar-refractivity contribution in [2.75, 3.05) is 0 Å². The van der Waals surface area contributed by atoms with Crippen LogP contribution in [0.2, 0.25) is 0 Å². The van der Waals surface area contributed by atoms with Crippen molar-refractivity contribution >= 4 is 16.9 Å². The van der Waals surface area contributed by atoms with E-state index >= 15 is 0 Å². The molecule has 1 aromatic heterocycles. The fraction of sp³-hybridized carbons (Fsp3) is 0.389. The normalized spacial score (nSPS) is 11.6. The molecule has 0 atom stereocenters. The first kappa shape index (κ1) is 36.6. The van der Waals surface area contributed by atoms with E-state index < -0.39 is 17.1 Å². The maximum absolute atomic E-state index is 13.7. The number of aromatic hydroxyl groups is 2. The molecule has 0 saturated carbocycles. The standard InChI is InChI=1S/C36H43O7.Mo/c1-4-5-6-7-8-9-10-11-12-13-14-15-16-17-18-22-32(39)43-36-34(40)33-30(41-26(2)3)20-19-21-31(33)42-35(36)27-23-24-28(37)29(38)25-27;/h5-6,8-9,11-12,20-21,23-26,37-38H,4,7,10,13-18,22H2,1-3H3;/q-1;/b6-5-,9-8-,12-11-;. The zero-order chi connectivity index (χ0) is 31.0. The van der Waals surface area contributed by atoms with Gasteiger partial charge in [0.15, 0.2) is 17.3 Å². The van der Waals surface area contributed by atoms with E-state index in [0.717, 1.165) is 51.4 Å². The molecular weight excluding hydrogens is 640 g/mol. The summed E-state index contributed by atoms with van der Waals surface area (Å²) < 4.78 is 17.4. The zero-order valence-electron chi connectivity index (χ0n) is 25.8. The van der Waals surface area contributed by atoms with Gasteiger partial charge in [0.05, 0.1) is 6.10 Å². The second kappa shape index (κ2) is 19.7. The van der Waals surface area contributed by atoms with E-state index in [1.165, 1.54) is 30.3 Å². The molecule has 0 aliphatic carbocycles.